The van der Waals surface area contributed by atoms with Gasteiger partial charge in [-0.2, -0.15) is 13.2 Å². The van der Waals surface area contributed by atoms with Gasteiger partial charge in [0.25, 0.3) is 0 Å². The van der Waals surface area contributed by atoms with Crippen LogP contribution in [0.4, 0.5) is 13.2 Å². The largest absolute Gasteiger partial charge is 0.480 e. The van der Waals surface area contributed by atoms with Crippen molar-refractivity contribution in [2.45, 2.75) is 6.18 Å². The van der Waals surface area contributed by atoms with E-state index in [0.717, 1.165) is 7.11 Å². The van der Waals surface area contributed by atoms with Crippen LogP contribution in [0.25, 0.3) is 0 Å². The molecule has 0 amide bonds. The number of hydrogen-bond donors (Lipinski definition) is 0. The number of esters is 1. The first-order valence-corrected chi connectivity index (χ1v) is 4.09. The lowest BCUT2D eigenvalue weighted by Crippen LogP contribution is -2.11. The topological polar surface area (TPSA) is 48.4 Å². The number of carbonyl (C=O) groups is 1. The summed E-state index contributed by atoms with van der Waals surface area (Å²) in [5, 5.41) is 0. The van der Waals surface area contributed by atoms with E-state index >= 15 is 0 Å². The van der Waals surface area contributed by atoms with E-state index in [1.807, 2.05) is 0 Å². The standard InChI is InChI=1S/C9H8F3NO3/c1-15-7-6(8(14)16-2)3-5(4-13-7)9(10,11)12/h3-4H,1-2H3. The Morgan fingerprint density at radius 3 is 2.44 bits per heavy atom. The third-order valence-electron chi connectivity index (χ3n) is 1.78. The monoisotopic (exact) mass is 235 g/mol. The van der Waals surface area contributed by atoms with Crippen molar-refractivity contribution >= 4 is 5.97 Å². The first kappa shape index (κ1) is 12.3. The highest BCUT2D eigenvalue weighted by molar-refractivity contribution is 5.91. The van der Waals surface area contributed by atoms with Crippen LogP contribution in [0.2, 0.25) is 0 Å². The van der Waals surface area contributed by atoms with Crippen LogP contribution in [0.3, 0.4) is 0 Å². The van der Waals surface area contributed by atoms with E-state index < -0.39 is 17.7 Å². The summed E-state index contributed by atoms with van der Waals surface area (Å²) in [5.74, 6) is -1.14. The van der Waals surface area contributed by atoms with Crippen LogP contribution >= 0.6 is 0 Å². The Bertz CT molecular complexity index is 403. The van der Waals surface area contributed by atoms with Gasteiger partial charge in [0.1, 0.15) is 5.56 Å². The second kappa shape index (κ2) is 4.38. The fourth-order valence-electron chi connectivity index (χ4n) is 1.03. The average molecular weight is 235 g/mol. The Hall–Kier alpha value is -1.79. The maximum atomic E-state index is 12.3. The molecule has 1 heterocycles. The molecule has 16 heavy (non-hydrogen) atoms. The Morgan fingerprint density at radius 1 is 1.38 bits per heavy atom. The molecular weight excluding hydrogens is 227 g/mol. The van der Waals surface area contributed by atoms with E-state index in [9.17, 15) is 18.0 Å². The number of halogens is 3. The summed E-state index contributed by atoms with van der Waals surface area (Å²) in [4.78, 5) is 14.6. The van der Waals surface area contributed by atoms with Gasteiger partial charge in [0.05, 0.1) is 19.8 Å². The van der Waals surface area contributed by atoms with Crippen LogP contribution in [0.1, 0.15) is 15.9 Å². The third-order valence-corrected chi connectivity index (χ3v) is 1.78. The van der Waals surface area contributed by atoms with Crippen molar-refractivity contribution in [2.24, 2.45) is 0 Å². The molecular formula is C9H8F3NO3. The highest BCUT2D eigenvalue weighted by Crippen LogP contribution is 2.31. The summed E-state index contributed by atoms with van der Waals surface area (Å²) < 4.78 is 46.0. The van der Waals surface area contributed by atoms with Gasteiger partial charge < -0.3 is 9.47 Å². The van der Waals surface area contributed by atoms with Crippen LogP contribution in [0.15, 0.2) is 12.3 Å². The predicted molar refractivity (Wildman–Crippen MR) is 47.1 cm³/mol. The van der Waals surface area contributed by atoms with Crippen LogP contribution in [0.5, 0.6) is 5.88 Å². The number of pyridine rings is 1. The molecule has 4 nitrogen and oxygen atoms in total. The van der Waals surface area contributed by atoms with Crippen molar-refractivity contribution in [3.63, 3.8) is 0 Å². The lowest BCUT2D eigenvalue weighted by atomic mass is 10.2. The van der Waals surface area contributed by atoms with Crippen LogP contribution in [-0.4, -0.2) is 25.2 Å². The number of hydrogen-bond acceptors (Lipinski definition) is 4. The highest BCUT2D eigenvalue weighted by Gasteiger charge is 2.32. The molecule has 0 saturated carbocycles. The van der Waals surface area contributed by atoms with Gasteiger partial charge in [-0.05, 0) is 6.07 Å². The summed E-state index contributed by atoms with van der Waals surface area (Å²) in [7, 11) is 2.25. The van der Waals surface area contributed by atoms with Gasteiger partial charge in [-0.15, -0.1) is 0 Å². The highest BCUT2D eigenvalue weighted by atomic mass is 19.4. The van der Waals surface area contributed by atoms with Crippen LogP contribution < -0.4 is 4.74 Å². The van der Waals surface area contributed by atoms with Gasteiger partial charge in [0, 0.05) is 6.20 Å². The number of nitrogens with zero attached hydrogens (tertiary/aromatic N) is 1. The van der Waals surface area contributed by atoms with Gasteiger partial charge in [-0.25, -0.2) is 9.78 Å². The molecule has 0 bridgehead atoms. The zero-order chi connectivity index (χ0) is 12.3. The number of carbonyl (C=O) groups excluding carboxylic acids is 1. The minimum Gasteiger partial charge on any atom is -0.480 e. The summed E-state index contributed by atoms with van der Waals surface area (Å²) in [6.07, 6.45) is -3.98. The zero-order valence-electron chi connectivity index (χ0n) is 8.46. The molecule has 88 valence electrons. The molecule has 0 fully saturated rings. The summed E-state index contributed by atoms with van der Waals surface area (Å²) in [6, 6.07) is 0.637. The van der Waals surface area contributed by atoms with Gasteiger partial charge in [-0.3, -0.25) is 0 Å². The second-order valence-corrected chi connectivity index (χ2v) is 2.77. The van der Waals surface area contributed by atoms with Gasteiger partial charge in [0.15, 0.2) is 0 Å². The number of methoxy groups -OCH3 is 2. The van der Waals surface area contributed by atoms with Crippen molar-refractivity contribution in [1.82, 2.24) is 4.98 Å². The molecule has 0 aliphatic carbocycles. The molecule has 0 saturated heterocycles. The first-order valence-electron chi connectivity index (χ1n) is 4.09. The molecule has 0 N–H and O–H groups in total. The van der Waals surface area contributed by atoms with Gasteiger partial charge >= 0.3 is 12.1 Å². The molecule has 0 aromatic carbocycles. The Balaban J connectivity index is 3.27. The van der Waals surface area contributed by atoms with Crippen molar-refractivity contribution in [3.8, 4) is 5.88 Å². The molecule has 1 rings (SSSR count). The van der Waals surface area contributed by atoms with Crippen LogP contribution in [0, 0.1) is 0 Å². The van der Waals surface area contributed by atoms with Gasteiger partial charge in [0.2, 0.25) is 5.88 Å². The van der Waals surface area contributed by atoms with Crippen molar-refractivity contribution in [1.29, 1.82) is 0 Å². The number of rotatable bonds is 2. The fourth-order valence-corrected chi connectivity index (χ4v) is 1.03. The summed E-state index contributed by atoms with van der Waals surface area (Å²) in [5.41, 5.74) is -1.39. The van der Waals surface area contributed by atoms with Crippen molar-refractivity contribution in [3.05, 3.63) is 23.4 Å². The predicted octanol–water partition coefficient (Wildman–Crippen LogP) is 1.90. The SMILES string of the molecule is COC(=O)c1cc(C(F)(F)F)cnc1OC. The van der Waals surface area contributed by atoms with E-state index in [1.165, 1.54) is 7.11 Å². The Kier molecular flexibility index (Phi) is 3.36. The number of aromatic nitrogens is 1. The molecule has 0 aliphatic rings. The van der Waals surface area contributed by atoms with Crippen molar-refractivity contribution < 1.29 is 27.4 Å². The third kappa shape index (κ3) is 2.41. The normalized spacial score (nSPS) is 11.1. The molecule has 7 heteroatoms. The first-order chi connectivity index (χ1) is 7.40. The minimum atomic E-state index is -4.57. The van der Waals surface area contributed by atoms with E-state index in [2.05, 4.69) is 14.5 Å². The minimum absolute atomic E-state index is 0.208. The van der Waals surface area contributed by atoms with E-state index in [0.29, 0.717) is 12.3 Å². The quantitative estimate of drug-likeness (QED) is 0.734. The maximum absolute atomic E-state index is 12.3. The maximum Gasteiger partial charge on any atom is 0.417 e. The molecule has 1 aromatic rings. The van der Waals surface area contributed by atoms with Gasteiger partial charge in [-0.1, -0.05) is 0 Å². The summed E-state index contributed by atoms with van der Waals surface area (Å²) in [6.45, 7) is 0. The lowest BCUT2D eigenvalue weighted by molar-refractivity contribution is -0.137. The Morgan fingerprint density at radius 2 is 2.00 bits per heavy atom. The second-order valence-electron chi connectivity index (χ2n) is 2.77. The Labute approximate surface area is 89.0 Å². The molecule has 0 radical (unpaired) electrons. The molecule has 0 aliphatic heterocycles. The van der Waals surface area contributed by atoms with Crippen molar-refractivity contribution in [2.75, 3.05) is 14.2 Å². The molecule has 0 spiro atoms. The number of ether oxygens (including phenoxy) is 2. The van der Waals surface area contributed by atoms with E-state index in [4.69, 9.17) is 0 Å². The summed E-state index contributed by atoms with van der Waals surface area (Å²) >= 11 is 0. The number of alkyl halides is 3. The molecule has 1 aromatic heterocycles. The molecule has 0 atom stereocenters. The zero-order valence-corrected chi connectivity index (χ0v) is 8.46. The van der Waals surface area contributed by atoms with Crippen LogP contribution in [-0.2, 0) is 10.9 Å². The molecule has 0 unspecified atom stereocenters. The smallest absolute Gasteiger partial charge is 0.417 e. The average Bonchev–Trinajstić information content (AvgIpc) is 2.25. The van der Waals surface area contributed by atoms with E-state index in [-0.39, 0.29) is 11.4 Å². The van der Waals surface area contributed by atoms with E-state index in [1.54, 1.807) is 0 Å². The fraction of sp³-hybridized carbons (Fsp3) is 0.333. The lowest BCUT2D eigenvalue weighted by Gasteiger charge is -2.10.